The summed E-state index contributed by atoms with van der Waals surface area (Å²) in [7, 11) is -0.387. The molecule has 1 saturated heterocycles. The smallest absolute Gasteiger partial charge is 0.248 e. The van der Waals surface area contributed by atoms with Crippen molar-refractivity contribution in [1.82, 2.24) is 14.1 Å². The summed E-state index contributed by atoms with van der Waals surface area (Å²) in [5, 5.41) is 6.83. The number of ether oxygens (including phenoxy) is 2. The number of rotatable bonds is 8. The van der Waals surface area contributed by atoms with E-state index in [0.717, 1.165) is 24.8 Å². The van der Waals surface area contributed by atoms with Crippen molar-refractivity contribution in [3.8, 4) is 17.2 Å². The van der Waals surface area contributed by atoms with Gasteiger partial charge in [-0.25, -0.2) is 8.42 Å². The van der Waals surface area contributed by atoms with E-state index in [1.807, 2.05) is 6.07 Å². The first-order chi connectivity index (χ1) is 16.9. The second-order valence-corrected chi connectivity index (χ2v) is 10.1. The van der Waals surface area contributed by atoms with Gasteiger partial charge in [0.2, 0.25) is 15.9 Å². The van der Waals surface area contributed by atoms with Crippen molar-refractivity contribution < 1.29 is 22.7 Å². The Morgan fingerprint density at radius 2 is 1.80 bits per heavy atom. The zero-order chi connectivity index (χ0) is 24.8. The van der Waals surface area contributed by atoms with E-state index >= 15 is 0 Å². The van der Waals surface area contributed by atoms with Gasteiger partial charge >= 0.3 is 0 Å². The molecule has 1 aliphatic rings. The molecule has 1 fully saturated rings. The van der Waals surface area contributed by atoms with Crippen LogP contribution in [-0.4, -0.2) is 48.6 Å². The van der Waals surface area contributed by atoms with Crippen molar-refractivity contribution in [3.63, 3.8) is 0 Å². The molecule has 0 spiro atoms. The number of carbonyl (C=O) groups excluding carboxylic acids is 1. The topological polar surface area (TPSA) is 103 Å². The van der Waals surface area contributed by atoms with E-state index in [9.17, 15) is 13.2 Å². The maximum absolute atomic E-state index is 13.2. The Morgan fingerprint density at radius 1 is 1.06 bits per heavy atom. The first kappa shape index (κ1) is 24.5. The van der Waals surface area contributed by atoms with Crippen LogP contribution < -0.4 is 14.8 Å². The van der Waals surface area contributed by atoms with E-state index in [0.29, 0.717) is 24.6 Å². The van der Waals surface area contributed by atoms with Gasteiger partial charge in [-0.3, -0.25) is 9.48 Å². The van der Waals surface area contributed by atoms with E-state index in [4.69, 9.17) is 9.47 Å². The minimum Gasteiger partial charge on any atom is -0.493 e. The highest BCUT2D eigenvalue weighted by Gasteiger charge is 2.27. The zero-order valence-corrected chi connectivity index (χ0v) is 20.5. The molecule has 10 heteroatoms. The second-order valence-electron chi connectivity index (χ2n) is 8.15. The van der Waals surface area contributed by atoms with Crippen LogP contribution in [0.5, 0.6) is 17.2 Å². The number of amides is 1. The molecule has 0 atom stereocenters. The second kappa shape index (κ2) is 10.7. The summed E-state index contributed by atoms with van der Waals surface area (Å²) in [5.41, 5.74) is 0.990. The lowest BCUT2D eigenvalue weighted by Gasteiger charge is -2.26. The standard InChI is InChI=1S/C25H28N4O5S/c1-28-18-19(17-26-28)10-13-25(30)27-21-16-20(35(31,32)29-14-6-3-7-15-29)11-12-22(21)34-24-9-5-4-8-23(24)33-2/h4-5,8-13,16-18H,3,6-7,14-15H2,1-2H3,(H,27,30)/b13-10+. The molecule has 35 heavy (non-hydrogen) atoms. The number of para-hydroxylation sites is 2. The maximum Gasteiger partial charge on any atom is 0.248 e. The van der Waals surface area contributed by atoms with Crippen LogP contribution in [0.4, 0.5) is 5.69 Å². The van der Waals surface area contributed by atoms with Gasteiger partial charge < -0.3 is 14.8 Å². The monoisotopic (exact) mass is 496 g/mol. The minimum absolute atomic E-state index is 0.0957. The van der Waals surface area contributed by atoms with Crippen LogP contribution in [0.1, 0.15) is 24.8 Å². The number of nitrogens with one attached hydrogen (secondary N) is 1. The number of aromatic nitrogens is 2. The van der Waals surface area contributed by atoms with Gasteiger partial charge in [0.1, 0.15) is 0 Å². The summed E-state index contributed by atoms with van der Waals surface area (Å²) in [6.45, 7) is 0.967. The van der Waals surface area contributed by atoms with Gasteiger partial charge in [-0.15, -0.1) is 0 Å². The van der Waals surface area contributed by atoms with Crippen molar-refractivity contribution in [1.29, 1.82) is 0 Å². The molecule has 0 bridgehead atoms. The van der Waals surface area contributed by atoms with Crippen molar-refractivity contribution in [2.75, 3.05) is 25.5 Å². The Bertz CT molecular complexity index is 1330. The summed E-state index contributed by atoms with van der Waals surface area (Å²) < 4.78 is 41.0. The Labute approximate surface area is 205 Å². The van der Waals surface area contributed by atoms with Crippen molar-refractivity contribution in [3.05, 3.63) is 66.5 Å². The number of hydrogen-bond acceptors (Lipinski definition) is 6. The van der Waals surface area contributed by atoms with E-state index in [1.54, 1.807) is 54.5 Å². The molecule has 3 aromatic rings. The summed E-state index contributed by atoms with van der Waals surface area (Å²) in [6.07, 6.45) is 9.06. The first-order valence-electron chi connectivity index (χ1n) is 11.3. The molecule has 2 aromatic carbocycles. The van der Waals surface area contributed by atoms with Crippen molar-refractivity contribution >= 4 is 27.7 Å². The van der Waals surface area contributed by atoms with Crippen LogP contribution in [0.25, 0.3) is 6.08 Å². The molecule has 184 valence electrons. The summed E-state index contributed by atoms with van der Waals surface area (Å²) >= 11 is 0. The number of benzene rings is 2. The normalized spacial score (nSPS) is 14.7. The maximum atomic E-state index is 13.2. The van der Waals surface area contributed by atoms with E-state index in [2.05, 4.69) is 10.4 Å². The summed E-state index contributed by atoms with van der Waals surface area (Å²) in [6, 6.07) is 11.6. The number of aryl methyl sites for hydroxylation is 1. The number of sulfonamides is 1. The number of carbonyl (C=O) groups is 1. The number of hydrogen-bond donors (Lipinski definition) is 1. The Hall–Kier alpha value is -3.63. The Kier molecular flexibility index (Phi) is 7.52. The molecular formula is C25H28N4O5S. The van der Waals surface area contributed by atoms with Gasteiger partial charge in [0.25, 0.3) is 0 Å². The molecule has 0 aliphatic carbocycles. The highest BCUT2D eigenvalue weighted by molar-refractivity contribution is 7.89. The fourth-order valence-corrected chi connectivity index (χ4v) is 5.35. The van der Waals surface area contributed by atoms with Gasteiger partial charge in [0, 0.05) is 38.0 Å². The van der Waals surface area contributed by atoms with Gasteiger partial charge in [-0.1, -0.05) is 18.6 Å². The largest absolute Gasteiger partial charge is 0.493 e. The highest BCUT2D eigenvalue weighted by Crippen LogP contribution is 2.37. The van der Waals surface area contributed by atoms with Gasteiger partial charge in [0.15, 0.2) is 17.2 Å². The molecular weight excluding hydrogens is 468 g/mol. The lowest BCUT2D eigenvalue weighted by atomic mass is 10.2. The summed E-state index contributed by atoms with van der Waals surface area (Å²) in [4.78, 5) is 12.8. The molecule has 1 aromatic heterocycles. The third-order valence-corrected chi connectivity index (χ3v) is 7.50. The van der Waals surface area contributed by atoms with Crippen LogP contribution in [0, 0.1) is 0 Å². The van der Waals surface area contributed by atoms with E-state index in [1.165, 1.54) is 29.6 Å². The lowest BCUT2D eigenvalue weighted by Crippen LogP contribution is -2.35. The van der Waals surface area contributed by atoms with Gasteiger partial charge in [-0.05, 0) is 49.2 Å². The molecule has 4 rings (SSSR count). The fourth-order valence-electron chi connectivity index (χ4n) is 3.80. The van der Waals surface area contributed by atoms with Gasteiger partial charge in [-0.2, -0.15) is 9.40 Å². The van der Waals surface area contributed by atoms with E-state index in [-0.39, 0.29) is 16.3 Å². The first-order valence-corrected chi connectivity index (χ1v) is 12.7. The van der Waals surface area contributed by atoms with Crippen molar-refractivity contribution in [2.24, 2.45) is 7.05 Å². The molecule has 0 radical (unpaired) electrons. The predicted molar refractivity (Wildman–Crippen MR) is 133 cm³/mol. The third-order valence-electron chi connectivity index (χ3n) is 5.60. The third kappa shape index (κ3) is 5.90. The van der Waals surface area contributed by atoms with Crippen molar-refractivity contribution in [2.45, 2.75) is 24.2 Å². The minimum atomic E-state index is -3.70. The number of piperidine rings is 1. The number of methoxy groups -OCH3 is 1. The lowest BCUT2D eigenvalue weighted by molar-refractivity contribution is -0.111. The Balaban J connectivity index is 1.65. The van der Waals surface area contributed by atoms with Gasteiger partial charge in [0.05, 0.1) is 23.9 Å². The fraction of sp³-hybridized carbons (Fsp3) is 0.280. The molecule has 9 nitrogen and oxygen atoms in total. The quantitative estimate of drug-likeness (QED) is 0.472. The van der Waals surface area contributed by atoms with Crippen LogP contribution in [0.3, 0.4) is 0 Å². The van der Waals surface area contributed by atoms with Crippen LogP contribution in [0.15, 0.2) is 65.8 Å². The molecule has 1 aliphatic heterocycles. The molecule has 0 unspecified atom stereocenters. The predicted octanol–water partition coefficient (Wildman–Crippen LogP) is 4.05. The highest BCUT2D eigenvalue weighted by atomic mass is 32.2. The van der Waals surface area contributed by atoms with Crippen LogP contribution in [-0.2, 0) is 21.9 Å². The molecule has 1 amide bonds. The van der Waals surface area contributed by atoms with Crippen LogP contribution >= 0.6 is 0 Å². The molecule has 0 saturated carbocycles. The SMILES string of the molecule is COc1ccccc1Oc1ccc(S(=O)(=O)N2CCCCC2)cc1NC(=O)/C=C/c1cnn(C)c1. The average molecular weight is 497 g/mol. The Morgan fingerprint density at radius 3 is 2.49 bits per heavy atom. The molecule has 1 N–H and O–H groups in total. The van der Waals surface area contributed by atoms with Crippen LogP contribution in [0.2, 0.25) is 0 Å². The average Bonchev–Trinajstić information content (AvgIpc) is 3.29. The number of nitrogens with zero attached hydrogens (tertiary/aromatic N) is 3. The van der Waals surface area contributed by atoms with E-state index < -0.39 is 15.9 Å². The zero-order valence-electron chi connectivity index (χ0n) is 19.7. The number of anilines is 1. The summed E-state index contributed by atoms with van der Waals surface area (Å²) in [5.74, 6) is 0.788. The molecule has 2 heterocycles.